The minimum atomic E-state index is 0.170. The van der Waals surface area contributed by atoms with Gasteiger partial charge in [0.2, 0.25) is 0 Å². The predicted molar refractivity (Wildman–Crippen MR) is 66.3 cm³/mol. The molecule has 0 aliphatic rings. The molecule has 0 aliphatic heterocycles. The molecule has 0 fully saturated rings. The topological polar surface area (TPSA) is 42.7 Å². The van der Waals surface area contributed by atoms with E-state index in [1.54, 1.807) is 0 Å². The third-order valence-corrected chi connectivity index (χ3v) is 2.26. The summed E-state index contributed by atoms with van der Waals surface area (Å²) < 4.78 is 2.15. The first-order valence-electron chi connectivity index (χ1n) is 6.00. The fourth-order valence-corrected chi connectivity index (χ4v) is 1.57. The van der Waals surface area contributed by atoms with Crippen molar-refractivity contribution < 1.29 is 0 Å². The Labute approximate surface area is 98.5 Å². The molecule has 4 heteroatoms. The highest BCUT2D eigenvalue weighted by Crippen LogP contribution is 2.03. The molecule has 0 saturated carbocycles. The molecule has 16 heavy (non-hydrogen) atoms. The molecule has 0 radical (unpaired) electrons. The number of hydrogen-bond donors (Lipinski definition) is 1. The Bertz CT molecular complexity index is 309. The first kappa shape index (κ1) is 13.2. The van der Waals surface area contributed by atoms with Crippen molar-refractivity contribution in [1.82, 2.24) is 20.1 Å². The third kappa shape index (κ3) is 4.75. The Kier molecular flexibility index (Phi) is 4.47. The lowest BCUT2D eigenvalue weighted by Crippen LogP contribution is -2.37. The molecule has 0 spiro atoms. The van der Waals surface area contributed by atoms with Crippen LogP contribution in [-0.2, 0) is 13.0 Å². The summed E-state index contributed by atoms with van der Waals surface area (Å²) in [7, 11) is 0. The zero-order valence-electron chi connectivity index (χ0n) is 11.1. The van der Waals surface area contributed by atoms with Gasteiger partial charge in [0.25, 0.3) is 0 Å². The van der Waals surface area contributed by atoms with E-state index in [-0.39, 0.29) is 5.54 Å². The smallest absolute Gasteiger partial charge is 0.134 e. The van der Waals surface area contributed by atoms with Crippen molar-refractivity contribution in [1.29, 1.82) is 0 Å². The first-order chi connectivity index (χ1) is 7.38. The van der Waals surface area contributed by atoms with Gasteiger partial charge < -0.3 is 9.88 Å². The molecule has 0 amide bonds. The van der Waals surface area contributed by atoms with Crippen molar-refractivity contribution in [3.8, 4) is 0 Å². The van der Waals surface area contributed by atoms with Crippen LogP contribution in [0.5, 0.6) is 0 Å². The van der Waals surface area contributed by atoms with Crippen LogP contribution in [0.25, 0.3) is 0 Å². The highest BCUT2D eigenvalue weighted by atomic mass is 15.3. The number of rotatable bonds is 5. The van der Waals surface area contributed by atoms with Crippen molar-refractivity contribution in [2.24, 2.45) is 5.92 Å². The van der Waals surface area contributed by atoms with Gasteiger partial charge in [-0.25, -0.2) is 0 Å². The molecule has 0 bridgehead atoms. The average molecular weight is 224 g/mol. The van der Waals surface area contributed by atoms with Crippen LogP contribution in [0.2, 0.25) is 0 Å². The summed E-state index contributed by atoms with van der Waals surface area (Å²) in [5.74, 6) is 1.70. The van der Waals surface area contributed by atoms with Gasteiger partial charge in [0.05, 0.1) is 0 Å². The molecule has 0 aliphatic carbocycles. The Morgan fingerprint density at radius 2 is 2.06 bits per heavy atom. The molecular weight excluding hydrogens is 200 g/mol. The lowest BCUT2D eigenvalue weighted by Gasteiger charge is -2.20. The summed E-state index contributed by atoms with van der Waals surface area (Å²) in [6, 6.07) is 0. The summed E-state index contributed by atoms with van der Waals surface area (Å²) in [4.78, 5) is 0. The maximum Gasteiger partial charge on any atom is 0.134 e. The van der Waals surface area contributed by atoms with Crippen LogP contribution in [0.15, 0.2) is 6.33 Å². The molecular formula is C12H24N4. The Hall–Kier alpha value is -0.900. The van der Waals surface area contributed by atoms with Gasteiger partial charge >= 0.3 is 0 Å². The fraction of sp³-hybridized carbons (Fsp3) is 0.833. The van der Waals surface area contributed by atoms with E-state index in [0.717, 1.165) is 25.3 Å². The second-order valence-corrected chi connectivity index (χ2v) is 5.72. The molecule has 1 rings (SSSR count). The maximum atomic E-state index is 4.16. The van der Waals surface area contributed by atoms with Crippen molar-refractivity contribution in [2.75, 3.05) is 6.54 Å². The number of nitrogens with zero attached hydrogens (tertiary/aromatic N) is 3. The normalized spacial score (nSPS) is 12.4. The monoisotopic (exact) mass is 224 g/mol. The lowest BCUT2D eigenvalue weighted by molar-refractivity contribution is 0.422. The zero-order chi connectivity index (χ0) is 12.2. The second-order valence-electron chi connectivity index (χ2n) is 5.72. The first-order valence-corrected chi connectivity index (χ1v) is 6.00. The molecule has 4 nitrogen and oxygen atoms in total. The molecule has 1 heterocycles. The molecule has 92 valence electrons. The molecule has 0 aromatic carbocycles. The van der Waals surface area contributed by atoms with Gasteiger partial charge in [-0.05, 0) is 26.7 Å². The summed E-state index contributed by atoms with van der Waals surface area (Å²) in [5.41, 5.74) is 0.170. The number of aromatic nitrogens is 3. The molecule has 0 saturated heterocycles. The summed E-state index contributed by atoms with van der Waals surface area (Å²) in [5, 5.41) is 11.6. The number of hydrogen-bond acceptors (Lipinski definition) is 3. The zero-order valence-corrected chi connectivity index (χ0v) is 11.1. The summed E-state index contributed by atoms with van der Waals surface area (Å²) >= 11 is 0. The molecule has 1 aromatic rings. The van der Waals surface area contributed by atoms with E-state index in [1.807, 2.05) is 6.33 Å². The van der Waals surface area contributed by atoms with Crippen molar-refractivity contribution in [3.63, 3.8) is 0 Å². The third-order valence-electron chi connectivity index (χ3n) is 2.26. The van der Waals surface area contributed by atoms with E-state index in [2.05, 4.69) is 54.7 Å². The van der Waals surface area contributed by atoms with E-state index in [0.29, 0.717) is 5.92 Å². The van der Waals surface area contributed by atoms with Crippen molar-refractivity contribution >= 4 is 0 Å². The van der Waals surface area contributed by atoms with Crippen LogP contribution >= 0.6 is 0 Å². The molecule has 1 N–H and O–H groups in total. The van der Waals surface area contributed by atoms with Gasteiger partial charge in [-0.1, -0.05) is 13.8 Å². The van der Waals surface area contributed by atoms with Gasteiger partial charge in [-0.3, -0.25) is 0 Å². The van der Waals surface area contributed by atoms with Gasteiger partial charge in [0.15, 0.2) is 0 Å². The van der Waals surface area contributed by atoms with Gasteiger partial charge in [0, 0.05) is 25.0 Å². The van der Waals surface area contributed by atoms with Crippen molar-refractivity contribution in [3.05, 3.63) is 12.2 Å². The average Bonchev–Trinajstić information content (AvgIpc) is 2.49. The van der Waals surface area contributed by atoms with Crippen LogP contribution in [0.4, 0.5) is 0 Å². The lowest BCUT2D eigenvalue weighted by atomic mass is 10.1. The molecule has 0 atom stereocenters. The minimum Gasteiger partial charge on any atom is -0.317 e. The standard InChI is InChI=1S/C12H24N4/c1-10(2)8-16-9-14-15-11(16)6-7-13-12(3,4)5/h9-10,13H,6-8H2,1-5H3. The van der Waals surface area contributed by atoms with Crippen LogP contribution < -0.4 is 5.32 Å². The summed E-state index contributed by atoms with van der Waals surface area (Å²) in [6.07, 6.45) is 2.76. The van der Waals surface area contributed by atoms with E-state index in [9.17, 15) is 0 Å². The van der Waals surface area contributed by atoms with E-state index in [4.69, 9.17) is 0 Å². The van der Waals surface area contributed by atoms with Crippen LogP contribution in [0.3, 0.4) is 0 Å². The SMILES string of the molecule is CC(C)Cn1cnnc1CCNC(C)(C)C. The van der Waals surface area contributed by atoms with Crippen molar-refractivity contribution in [2.45, 2.75) is 53.1 Å². The predicted octanol–water partition coefficient (Wildman–Crippen LogP) is 1.86. The molecule has 1 aromatic heterocycles. The summed E-state index contributed by atoms with van der Waals surface area (Å²) in [6.45, 7) is 12.9. The fourth-order valence-electron chi connectivity index (χ4n) is 1.57. The second kappa shape index (κ2) is 5.43. The van der Waals surface area contributed by atoms with Gasteiger partial charge in [-0.15, -0.1) is 10.2 Å². The Morgan fingerprint density at radius 1 is 1.38 bits per heavy atom. The van der Waals surface area contributed by atoms with Crippen LogP contribution in [0, 0.1) is 5.92 Å². The number of nitrogens with one attached hydrogen (secondary N) is 1. The highest BCUT2D eigenvalue weighted by Gasteiger charge is 2.10. The van der Waals surface area contributed by atoms with Gasteiger partial charge in [0.1, 0.15) is 12.2 Å². The van der Waals surface area contributed by atoms with Crippen LogP contribution in [0.1, 0.15) is 40.4 Å². The highest BCUT2D eigenvalue weighted by molar-refractivity contribution is 4.88. The Balaban J connectivity index is 2.45. The minimum absolute atomic E-state index is 0.170. The van der Waals surface area contributed by atoms with E-state index in [1.165, 1.54) is 0 Å². The Morgan fingerprint density at radius 3 is 2.62 bits per heavy atom. The maximum absolute atomic E-state index is 4.16. The van der Waals surface area contributed by atoms with Crippen LogP contribution in [-0.4, -0.2) is 26.8 Å². The van der Waals surface area contributed by atoms with E-state index < -0.39 is 0 Å². The largest absolute Gasteiger partial charge is 0.317 e. The van der Waals surface area contributed by atoms with Gasteiger partial charge in [-0.2, -0.15) is 0 Å². The quantitative estimate of drug-likeness (QED) is 0.830. The van der Waals surface area contributed by atoms with E-state index >= 15 is 0 Å². The molecule has 0 unspecified atom stereocenters.